The molecule has 1 aromatic heterocycles. The summed E-state index contributed by atoms with van der Waals surface area (Å²) in [6.07, 6.45) is 3.77. The first-order valence-electron chi connectivity index (χ1n) is 10.2. The van der Waals surface area contributed by atoms with Gasteiger partial charge in [0.25, 0.3) is 0 Å². The highest BCUT2D eigenvalue weighted by molar-refractivity contribution is 5.89. The average molecular weight is 410 g/mol. The largest absolute Gasteiger partial charge is 0.486 e. The molecule has 0 spiro atoms. The molecule has 6 heteroatoms. The lowest BCUT2D eigenvalue weighted by molar-refractivity contribution is 0.171. The predicted octanol–water partition coefficient (Wildman–Crippen LogP) is 5.06. The third kappa shape index (κ3) is 4.00. The zero-order valence-electron chi connectivity index (χ0n) is 17.2. The lowest BCUT2D eigenvalue weighted by Crippen LogP contribution is -2.15. The van der Waals surface area contributed by atoms with Crippen molar-refractivity contribution in [2.75, 3.05) is 18.6 Å². The molecule has 4 aromatic rings. The molecule has 0 radical (unpaired) electrons. The fraction of sp³-hybridized carbons (Fsp3) is 0.120. The van der Waals surface area contributed by atoms with E-state index >= 15 is 0 Å². The molecular formula is C25H22N4O2. The molecule has 0 amide bonds. The van der Waals surface area contributed by atoms with Gasteiger partial charge in [-0.25, -0.2) is 4.68 Å². The number of hydrogen-bond acceptors (Lipinski definition) is 5. The Morgan fingerprint density at radius 1 is 0.935 bits per heavy atom. The standard InChI is InChI=1S/C25H22N4O2/c1-18-7-5-6-10-22(18)27-26-16-20-17-29(21-8-3-2-4-9-21)28-25(20)19-11-12-23-24(15-19)31-14-13-30-23/h2-12,15-17,27H,13-14H2,1H3. The number of hydrazone groups is 1. The quantitative estimate of drug-likeness (QED) is 0.369. The minimum Gasteiger partial charge on any atom is -0.486 e. The van der Waals surface area contributed by atoms with Crippen LogP contribution < -0.4 is 14.9 Å². The summed E-state index contributed by atoms with van der Waals surface area (Å²) >= 11 is 0. The number of ether oxygens (including phenoxy) is 2. The van der Waals surface area contributed by atoms with Crippen LogP contribution in [0.25, 0.3) is 16.9 Å². The second-order valence-corrected chi connectivity index (χ2v) is 7.26. The maximum atomic E-state index is 5.76. The second kappa shape index (κ2) is 8.36. The molecule has 1 aliphatic rings. The molecule has 0 unspecified atom stereocenters. The van der Waals surface area contributed by atoms with Gasteiger partial charge < -0.3 is 9.47 Å². The van der Waals surface area contributed by atoms with Gasteiger partial charge in [0, 0.05) is 17.3 Å². The van der Waals surface area contributed by atoms with Gasteiger partial charge in [-0.05, 0) is 48.9 Å². The monoisotopic (exact) mass is 410 g/mol. The molecule has 31 heavy (non-hydrogen) atoms. The third-order valence-corrected chi connectivity index (χ3v) is 5.11. The topological polar surface area (TPSA) is 60.7 Å². The summed E-state index contributed by atoms with van der Waals surface area (Å²) in [5, 5.41) is 9.31. The highest BCUT2D eigenvalue weighted by atomic mass is 16.6. The van der Waals surface area contributed by atoms with Crippen LogP contribution in [0.3, 0.4) is 0 Å². The summed E-state index contributed by atoms with van der Waals surface area (Å²) in [6, 6.07) is 24.0. The van der Waals surface area contributed by atoms with Crippen LogP contribution >= 0.6 is 0 Å². The van der Waals surface area contributed by atoms with Crippen LogP contribution in [0.2, 0.25) is 0 Å². The Morgan fingerprint density at radius 3 is 2.55 bits per heavy atom. The Hall–Kier alpha value is -4.06. The zero-order valence-corrected chi connectivity index (χ0v) is 17.2. The molecule has 1 aliphatic heterocycles. The zero-order chi connectivity index (χ0) is 21.0. The summed E-state index contributed by atoms with van der Waals surface area (Å²) in [5.41, 5.74) is 8.85. The molecule has 154 valence electrons. The van der Waals surface area contributed by atoms with Crippen molar-refractivity contribution in [2.24, 2.45) is 5.10 Å². The molecule has 0 atom stereocenters. The first kappa shape index (κ1) is 18.9. The maximum absolute atomic E-state index is 5.76. The Bertz CT molecular complexity index is 1230. The Balaban J connectivity index is 1.52. The van der Waals surface area contributed by atoms with Gasteiger partial charge in [0.05, 0.1) is 17.6 Å². The summed E-state index contributed by atoms with van der Waals surface area (Å²) in [7, 11) is 0. The second-order valence-electron chi connectivity index (χ2n) is 7.26. The summed E-state index contributed by atoms with van der Waals surface area (Å²) in [6.45, 7) is 3.16. The van der Waals surface area contributed by atoms with Gasteiger partial charge in [-0.15, -0.1) is 0 Å². The molecule has 0 bridgehead atoms. The Morgan fingerprint density at radius 2 is 1.71 bits per heavy atom. The van der Waals surface area contributed by atoms with Gasteiger partial charge in [-0.3, -0.25) is 5.43 Å². The SMILES string of the molecule is Cc1ccccc1NN=Cc1cn(-c2ccccc2)nc1-c1ccc2c(c1)OCCO2. The number of fused-ring (bicyclic) bond motifs is 1. The lowest BCUT2D eigenvalue weighted by Gasteiger charge is -2.18. The van der Waals surface area contributed by atoms with E-state index in [0.717, 1.165) is 45.3 Å². The van der Waals surface area contributed by atoms with Crippen molar-refractivity contribution in [3.63, 3.8) is 0 Å². The van der Waals surface area contributed by atoms with Crippen LogP contribution in [0.5, 0.6) is 11.5 Å². The van der Waals surface area contributed by atoms with Crippen molar-refractivity contribution in [1.29, 1.82) is 0 Å². The van der Waals surface area contributed by atoms with E-state index < -0.39 is 0 Å². The van der Waals surface area contributed by atoms with Crippen LogP contribution in [-0.4, -0.2) is 29.2 Å². The van der Waals surface area contributed by atoms with E-state index in [0.29, 0.717) is 13.2 Å². The van der Waals surface area contributed by atoms with E-state index in [1.165, 1.54) is 0 Å². The maximum Gasteiger partial charge on any atom is 0.162 e. The highest BCUT2D eigenvalue weighted by Crippen LogP contribution is 2.35. The molecule has 2 heterocycles. The predicted molar refractivity (Wildman–Crippen MR) is 122 cm³/mol. The van der Waals surface area contributed by atoms with Crippen molar-refractivity contribution in [3.05, 3.63) is 90.1 Å². The number of aromatic nitrogens is 2. The Labute approximate surface area is 180 Å². The molecule has 6 nitrogen and oxygen atoms in total. The van der Waals surface area contributed by atoms with E-state index in [2.05, 4.69) is 10.5 Å². The van der Waals surface area contributed by atoms with Crippen LogP contribution in [0.4, 0.5) is 5.69 Å². The van der Waals surface area contributed by atoms with Crippen molar-refractivity contribution >= 4 is 11.9 Å². The lowest BCUT2D eigenvalue weighted by atomic mass is 10.1. The smallest absolute Gasteiger partial charge is 0.162 e. The van der Waals surface area contributed by atoms with Gasteiger partial charge in [-0.1, -0.05) is 36.4 Å². The van der Waals surface area contributed by atoms with Crippen molar-refractivity contribution in [2.45, 2.75) is 6.92 Å². The van der Waals surface area contributed by atoms with Crippen LogP contribution in [-0.2, 0) is 0 Å². The van der Waals surface area contributed by atoms with Gasteiger partial charge >= 0.3 is 0 Å². The summed E-state index contributed by atoms with van der Waals surface area (Å²) in [5.74, 6) is 1.49. The molecular weight excluding hydrogens is 388 g/mol. The summed E-state index contributed by atoms with van der Waals surface area (Å²) < 4.78 is 13.3. The molecule has 1 N–H and O–H groups in total. The number of para-hydroxylation sites is 2. The number of rotatable bonds is 5. The molecule has 0 saturated carbocycles. The third-order valence-electron chi connectivity index (χ3n) is 5.11. The minimum absolute atomic E-state index is 0.545. The molecule has 0 fully saturated rings. The number of hydrogen-bond donors (Lipinski definition) is 1. The highest BCUT2D eigenvalue weighted by Gasteiger charge is 2.16. The fourth-order valence-corrected chi connectivity index (χ4v) is 3.48. The number of aryl methyl sites for hydroxylation is 1. The first-order chi connectivity index (χ1) is 15.3. The normalized spacial score (nSPS) is 12.8. The average Bonchev–Trinajstić information content (AvgIpc) is 3.25. The number of anilines is 1. The van der Waals surface area contributed by atoms with Gasteiger partial charge in [-0.2, -0.15) is 10.2 Å². The van der Waals surface area contributed by atoms with Crippen LogP contribution in [0.1, 0.15) is 11.1 Å². The summed E-state index contributed by atoms with van der Waals surface area (Å²) in [4.78, 5) is 0. The van der Waals surface area contributed by atoms with E-state index in [4.69, 9.17) is 14.6 Å². The van der Waals surface area contributed by atoms with Crippen molar-refractivity contribution in [1.82, 2.24) is 9.78 Å². The molecule has 5 rings (SSSR count). The van der Waals surface area contributed by atoms with E-state index in [1.807, 2.05) is 90.6 Å². The number of nitrogens with one attached hydrogen (secondary N) is 1. The van der Waals surface area contributed by atoms with Crippen LogP contribution in [0.15, 0.2) is 84.1 Å². The van der Waals surface area contributed by atoms with E-state index in [-0.39, 0.29) is 0 Å². The van der Waals surface area contributed by atoms with E-state index in [9.17, 15) is 0 Å². The Kier molecular flexibility index (Phi) is 5.10. The fourth-order valence-electron chi connectivity index (χ4n) is 3.48. The van der Waals surface area contributed by atoms with Gasteiger partial charge in [0.15, 0.2) is 11.5 Å². The van der Waals surface area contributed by atoms with Crippen LogP contribution in [0, 0.1) is 6.92 Å². The minimum atomic E-state index is 0.545. The van der Waals surface area contributed by atoms with Crippen molar-refractivity contribution < 1.29 is 9.47 Å². The first-order valence-corrected chi connectivity index (χ1v) is 10.2. The van der Waals surface area contributed by atoms with Crippen molar-refractivity contribution in [3.8, 4) is 28.4 Å². The number of nitrogens with zero attached hydrogens (tertiary/aromatic N) is 3. The van der Waals surface area contributed by atoms with Gasteiger partial charge in [0.2, 0.25) is 0 Å². The van der Waals surface area contributed by atoms with Gasteiger partial charge in [0.1, 0.15) is 18.9 Å². The molecule has 3 aromatic carbocycles. The molecule has 0 saturated heterocycles. The molecule has 0 aliphatic carbocycles. The number of benzene rings is 3. The van der Waals surface area contributed by atoms with E-state index in [1.54, 1.807) is 6.21 Å².